The van der Waals surface area contributed by atoms with E-state index in [4.69, 9.17) is 5.26 Å². The molecular weight excluding hydrogens is 220 g/mol. The van der Waals surface area contributed by atoms with E-state index in [1.807, 2.05) is 28.1 Å². The van der Waals surface area contributed by atoms with Crippen molar-refractivity contribution in [2.24, 2.45) is 0 Å². The van der Waals surface area contributed by atoms with Gasteiger partial charge in [-0.25, -0.2) is 0 Å². The number of pyridine rings is 1. The number of fused-ring (bicyclic) bond motifs is 1. The highest BCUT2D eigenvalue weighted by atomic mass is 32.1. The van der Waals surface area contributed by atoms with Crippen LogP contribution in [0.1, 0.15) is 5.56 Å². The number of hydrogen-bond acceptors (Lipinski definition) is 4. The van der Waals surface area contributed by atoms with Crippen molar-refractivity contribution in [3.8, 4) is 16.8 Å². The van der Waals surface area contributed by atoms with Crippen molar-refractivity contribution in [2.75, 3.05) is 0 Å². The van der Waals surface area contributed by atoms with Crippen LogP contribution in [0.15, 0.2) is 35.8 Å². The van der Waals surface area contributed by atoms with Crippen LogP contribution in [0.5, 0.6) is 0 Å². The summed E-state index contributed by atoms with van der Waals surface area (Å²) in [6, 6.07) is 9.54. The first-order valence-electron chi connectivity index (χ1n) is 4.67. The molecule has 0 fully saturated rings. The van der Waals surface area contributed by atoms with Crippen LogP contribution in [0.4, 0.5) is 0 Å². The molecule has 0 radical (unpaired) electrons. The average molecular weight is 226 g/mol. The molecule has 0 saturated carbocycles. The fourth-order valence-electron chi connectivity index (χ4n) is 1.53. The molecule has 3 aromatic heterocycles. The maximum atomic E-state index is 8.78. The molecule has 0 atom stereocenters. The van der Waals surface area contributed by atoms with Gasteiger partial charge in [0.15, 0.2) is 11.5 Å². The first-order valence-corrected chi connectivity index (χ1v) is 5.55. The molecule has 0 spiro atoms. The summed E-state index contributed by atoms with van der Waals surface area (Å²) < 4.78 is 1.88. The van der Waals surface area contributed by atoms with Gasteiger partial charge in [-0.1, -0.05) is 6.07 Å². The summed E-state index contributed by atoms with van der Waals surface area (Å²) in [6.07, 6.45) is 1.82. The van der Waals surface area contributed by atoms with Crippen LogP contribution in [0.3, 0.4) is 0 Å². The predicted octanol–water partition coefficient (Wildman–Crippen LogP) is 2.33. The highest BCUT2D eigenvalue weighted by molar-refractivity contribution is 7.13. The fraction of sp³-hybridized carbons (Fsp3) is 0. The summed E-state index contributed by atoms with van der Waals surface area (Å²) in [7, 11) is 0. The van der Waals surface area contributed by atoms with E-state index in [9.17, 15) is 0 Å². The molecular formula is C11H6N4S. The molecule has 16 heavy (non-hydrogen) atoms. The maximum Gasteiger partial charge on any atom is 0.178 e. The molecule has 5 heteroatoms. The molecule has 76 valence electrons. The lowest BCUT2D eigenvalue weighted by atomic mass is 10.3. The molecule has 0 aromatic carbocycles. The Labute approximate surface area is 95.4 Å². The van der Waals surface area contributed by atoms with Crippen LogP contribution < -0.4 is 0 Å². The summed E-state index contributed by atoms with van der Waals surface area (Å²) in [5.74, 6) is 0.814. The fourth-order valence-corrected chi connectivity index (χ4v) is 2.24. The van der Waals surface area contributed by atoms with E-state index in [0.29, 0.717) is 11.2 Å². The largest absolute Gasteiger partial charge is 0.282 e. The smallest absolute Gasteiger partial charge is 0.178 e. The quantitative estimate of drug-likeness (QED) is 0.640. The van der Waals surface area contributed by atoms with E-state index in [1.54, 1.807) is 23.5 Å². The van der Waals surface area contributed by atoms with Gasteiger partial charge in [0, 0.05) is 12.3 Å². The van der Waals surface area contributed by atoms with E-state index in [1.165, 1.54) is 0 Å². The summed E-state index contributed by atoms with van der Waals surface area (Å²) in [5, 5.41) is 19.0. The van der Waals surface area contributed by atoms with Gasteiger partial charge in [-0.2, -0.15) is 5.26 Å². The lowest BCUT2D eigenvalue weighted by Gasteiger charge is -1.96. The molecule has 4 nitrogen and oxygen atoms in total. The topological polar surface area (TPSA) is 54.0 Å². The Balaban J connectivity index is 2.26. The van der Waals surface area contributed by atoms with Crippen molar-refractivity contribution in [1.29, 1.82) is 5.26 Å². The molecule has 0 aliphatic rings. The molecule has 0 amide bonds. The Bertz CT molecular complexity index is 676. The summed E-state index contributed by atoms with van der Waals surface area (Å²) in [5.41, 5.74) is 1.29. The molecule has 0 N–H and O–H groups in total. The number of aromatic nitrogens is 3. The molecule has 0 aliphatic carbocycles. The first kappa shape index (κ1) is 9.07. The molecule has 3 rings (SSSR count). The van der Waals surface area contributed by atoms with Gasteiger partial charge in [0.2, 0.25) is 0 Å². The van der Waals surface area contributed by atoms with E-state index in [0.717, 1.165) is 10.7 Å². The minimum Gasteiger partial charge on any atom is -0.282 e. The number of nitriles is 1. The van der Waals surface area contributed by atoms with Gasteiger partial charge >= 0.3 is 0 Å². The van der Waals surface area contributed by atoms with Crippen molar-refractivity contribution in [3.05, 3.63) is 41.4 Å². The van der Waals surface area contributed by atoms with Crippen LogP contribution in [0, 0.1) is 11.3 Å². The number of hydrogen-bond donors (Lipinski definition) is 0. The van der Waals surface area contributed by atoms with Gasteiger partial charge in [-0.3, -0.25) is 4.40 Å². The highest BCUT2D eigenvalue weighted by Crippen LogP contribution is 2.23. The standard InChI is InChI=1S/C11H6N4S/c12-7-8-3-4-15-10(6-8)13-14-11(15)9-2-1-5-16-9/h1-6H. The van der Waals surface area contributed by atoms with Crippen molar-refractivity contribution in [3.63, 3.8) is 0 Å². The van der Waals surface area contributed by atoms with Crippen LogP contribution in [0.2, 0.25) is 0 Å². The predicted molar refractivity (Wildman–Crippen MR) is 61.0 cm³/mol. The van der Waals surface area contributed by atoms with Crippen molar-refractivity contribution in [1.82, 2.24) is 14.6 Å². The minimum absolute atomic E-state index is 0.595. The second kappa shape index (κ2) is 3.43. The molecule has 3 aromatic rings. The van der Waals surface area contributed by atoms with E-state index in [-0.39, 0.29) is 0 Å². The van der Waals surface area contributed by atoms with Gasteiger partial charge in [0.05, 0.1) is 16.5 Å². The van der Waals surface area contributed by atoms with Crippen LogP contribution in [0.25, 0.3) is 16.3 Å². The Morgan fingerprint density at radius 3 is 3.00 bits per heavy atom. The second-order valence-corrected chi connectivity index (χ2v) is 4.20. The SMILES string of the molecule is N#Cc1ccn2c(-c3cccs3)nnc2c1. The third-order valence-electron chi connectivity index (χ3n) is 2.28. The summed E-state index contributed by atoms with van der Waals surface area (Å²) in [4.78, 5) is 1.07. The Morgan fingerprint density at radius 2 is 2.25 bits per heavy atom. The second-order valence-electron chi connectivity index (χ2n) is 3.26. The lowest BCUT2D eigenvalue weighted by molar-refractivity contribution is 1.12. The van der Waals surface area contributed by atoms with Crippen LogP contribution >= 0.6 is 11.3 Å². The third-order valence-corrected chi connectivity index (χ3v) is 3.15. The minimum atomic E-state index is 0.595. The van der Waals surface area contributed by atoms with Gasteiger partial charge in [-0.15, -0.1) is 21.5 Å². The number of rotatable bonds is 1. The Morgan fingerprint density at radius 1 is 1.31 bits per heavy atom. The highest BCUT2D eigenvalue weighted by Gasteiger charge is 2.08. The third kappa shape index (κ3) is 1.28. The summed E-state index contributed by atoms with van der Waals surface area (Å²) in [6.45, 7) is 0. The van der Waals surface area contributed by atoms with Crippen LogP contribution in [-0.4, -0.2) is 14.6 Å². The zero-order valence-corrected chi connectivity index (χ0v) is 8.98. The first-order chi connectivity index (χ1) is 7.88. The Kier molecular flexibility index (Phi) is 1.95. The average Bonchev–Trinajstić information content (AvgIpc) is 2.96. The zero-order valence-electron chi connectivity index (χ0n) is 8.16. The summed E-state index contributed by atoms with van der Waals surface area (Å²) >= 11 is 1.62. The normalized spacial score (nSPS) is 10.4. The van der Waals surface area contributed by atoms with Gasteiger partial charge < -0.3 is 0 Å². The molecule has 0 bridgehead atoms. The number of thiophene rings is 1. The van der Waals surface area contributed by atoms with Crippen molar-refractivity contribution < 1.29 is 0 Å². The lowest BCUT2D eigenvalue weighted by Crippen LogP contribution is -1.87. The zero-order chi connectivity index (χ0) is 11.0. The monoisotopic (exact) mass is 226 g/mol. The van der Waals surface area contributed by atoms with Gasteiger partial charge in [0.1, 0.15) is 0 Å². The molecule has 0 unspecified atom stereocenters. The van der Waals surface area contributed by atoms with E-state index in [2.05, 4.69) is 16.3 Å². The molecule has 0 aliphatic heterocycles. The van der Waals surface area contributed by atoms with E-state index >= 15 is 0 Å². The molecule has 0 saturated heterocycles. The van der Waals surface area contributed by atoms with Crippen molar-refractivity contribution >= 4 is 17.0 Å². The molecule has 3 heterocycles. The Hall–Kier alpha value is -2.19. The van der Waals surface area contributed by atoms with Crippen molar-refractivity contribution in [2.45, 2.75) is 0 Å². The maximum absolute atomic E-state index is 8.78. The van der Waals surface area contributed by atoms with Gasteiger partial charge in [0.25, 0.3) is 0 Å². The van der Waals surface area contributed by atoms with Gasteiger partial charge in [-0.05, 0) is 17.5 Å². The van der Waals surface area contributed by atoms with Crippen LogP contribution in [-0.2, 0) is 0 Å². The number of nitrogens with zero attached hydrogens (tertiary/aromatic N) is 4. The van der Waals surface area contributed by atoms with E-state index < -0.39 is 0 Å².